The average Bonchev–Trinajstić information content (AvgIpc) is 3.59. The molecule has 0 bridgehead atoms. The zero-order chi connectivity index (χ0) is 20.5. The number of carbonyl (C=O) groups excluding carboxylic acids is 2. The van der Waals surface area contributed by atoms with Crippen molar-refractivity contribution in [3.8, 4) is 0 Å². The van der Waals surface area contributed by atoms with Crippen LogP contribution in [0.1, 0.15) is 49.1 Å². The second-order valence-electron chi connectivity index (χ2n) is 8.37. The fraction of sp³-hybridized carbons (Fsp3) is 0.619. The fourth-order valence-electron chi connectivity index (χ4n) is 4.16. The Balaban J connectivity index is 1.40. The Labute approximate surface area is 169 Å². The van der Waals surface area contributed by atoms with E-state index in [2.05, 4.69) is 10.6 Å². The molecule has 1 aromatic rings. The van der Waals surface area contributed by atoms with Crippen molar-refractivity contribution < 1.29 is 18.4 Å². The number of hydrogen-bond donors (Lipinski definition) is 2. The number of benzene rings is 1. The number of urea groups is 2. The molecule has 3 fully saturated rings. The van der Waals surface area contributed by atoms with Crippen molar-refractivity contribution in [3.05, 3.63) is 35.1 Å². The molecule has 2 aliphatic carbocycles. The molecule has 0 aromatic heterocycles. The molecule has 6 nitrogen and oxygen atoms in total. The summed E-state index contributed by atoms with van der Waals surface area (Å²) in [4.78, 5) is 27.9. The van der Waals surface area contributed by atoms with E-state index >= 15 is 0 Å². The van der Waals surface area contributed by atoms with E-state index < -0.39 is 6.17 Å². The van der Waals surface area contributed by atoms with Gasteiger partial charge in [0.05, 0.1) is 12.6 Å². The van der Waals surface area contributed by atoms with E-state index in [0.717, 1.165) is 31.2 Å². The number of piperidine rings is 1. The van der Waals surface area contributed by atoms with Crippen LogP contribution in [0, 0.1) is 5.82 Å². The maximum absolute atomic E-state index is 14.4. The zero-order valence-electron chi connectivity index (χ0n) is 16.7. The van der Waals surface area contributed by atoms with Crippen LogP contribution in [0.4, 0.5) is 18.4 Å². The van der Waals surface area contributed by atoms with E-state index in [1.165, 1.54) is 11.9 Å². The quantitative estimate of drug-likeness (QED) is 0.789. The first-order chi connectivity index (χ1) is 14.0. The van der Waals surface area contributed by atoms with E-state index in [-0.39, 0.29) is 49.5 Å². The summed E-state index contributed by atoms with van der Waals surface area (Å²) in [7, 11) is 1.51. The van der Waals surface area contributed by atoms with Crippen LogP contribution in [0.3, 0.4) is 0 Å². The van der Waals surface area contributed by atoms with Crippen molar-refractivity contribution >= 4 is 12.1 Å². The van der Waals surface area contributed by atoms with Crippen molar-refractivity contribution in [2.24, 2.45) is 0 Å². The van der Waals surface area contributed by atoms with Gasteiger partial charge in [-0.1, -0.05) is 12.1 Å². The minimum atomic E-state index is -1.17. The minimum absolute atomic E-state index is 0.0366. The number of nitrogens with one attached hydrogen (secondary N) is 2. The van der Waals surface area contributed by atoms with Gasteiger partial charge in [-0.25, -0.2) is 18.4 Å². The normalized spacial score (nSPS) is 24.2. The van der Waals surface area contributed by atoms with Gasteiger partial charge in [-0.2, -0.15) is 0 Å². The molecule has 2 atom stereocenters. The molecule has 2 N–H and O–H groups in total. The Morgan fingerprint density at radius 1 is 1.17 bits per heavy atom. The van der Waals surface area contributed by atoms with Gasteiger partial charge >= 0.3 is 12.1 Å². The van der Waals surface area contributed by atoms with Gasteiger partial charge in [0.1, 0.15) is 12.0 Å². The third kappa shape index (κ3) is 4.62. The molecule has 3 aliphatic rings. The van der Waals surface area contributed by atoms with Gasteiger partial charge in [0, 0.05) is 38.2 Å². The van der Waals surface area contributed by atoms with Crippen LogP contribution >= 0.6 is 0 Å². The molecule has 1 aromatic carbocycles. The molecular weight excluding hydrogens is 378 g/mol. The van der Waals surface area contributed by atoms with E-state index in [1.54, 1.807) is 17.0 Å². The minimum Gasteiger partial charge on any atom is -0.341 e. The van der Waals surface area contributed by atoms with Gasteiger partial charge in [0.2, 0.25) is 0 Å². The average molecular weight is 406 g/mol. The van der Waals surface area contributed by atoms with Gasteiger partial charge in [-0.15, -0.1) is 0 Å². The van der Waals surface area contributed by atoms with Gasteiger partial charge in [0.25, 0.3) is 0 Å². The maximum Gasteiger partial charge on any atom is 0.318 e. The zero-order valence-corrected chi connectivity index (χ0v) is 16.7. The van der Waals surface area contributed by atoms with Crippen LogP contribution in [-0.2, 0) is 6.54 Å². The molecule has 1 heterocycles. The third-order valence-corrected chi connectivity index (χ3v) is 6.00. The molecule has 8 heteroatoms. The van der Waals surface area contributed by atoms with E-state index in [9.17, 15) is 18.4 Å². The molecule has 29 heavy (non-hydrogen) atoms. The molecule has 158 valence electrons. The summed E-state index contributed by atoms with van der Waals surface area (Å²) in [6.45, 7) is 0.424. The molecule has 4 rings (SSSR count). The molecule has 1 aliphatic heterocycles. The largest absolute Gasteiger partial charge is 0.341 e. The van der Waals surface area contributed by atoms with E-state index in [0.29, 0.717) is 18.0 Å². The van der Waals surface area contributed by atoms with E-state index in [4.69, 9.17) is 0 Å². The number of alkyl halides is 1. The molecule has 0 unspecified atom stereocenters. The summed E-state index contributed by atoms with van der Waals surface area (Å²) in [5.41, 5.74) is 1.46. The molecule has 4 amide bonds. The summed E-state index contributed by atoms with van der Waals surface area (Å²) in [5, 5.41) is 5.32. The smallest absolute Gasteiger partial charge is 0.318 e. The van der Waals surface area contributed by atoms with Crippen LogP contribution < -0.4 is 10.6 Å². The lowest BCUT2D eigenvalue weighted by molar-refractivity contribution is 0.0758. The number of rotatable bonds is 5. The Hall–Kier alpha value is -2.38. The summed E-state index contributed by atoms with van der Waals surface area (Å²) in [6.07, 6.45) is 2.98. The first-order valence-corrected chi connectivity index (χ1v) is 10.4. The molecular formula is C21H28F2N4O2. The number of halogens is 2. The second-order valence-corrected chi connectivity index (χ2v) is 8.37. The standard InChI is InChI=1S/C21H28F2N4O2/c1-24-20(28)26-11-16(22)9-18(12-26)27(17-6-7-17)21(29)25-10-15-5-4-14(8-19(15)23)13-2-3-13/h4-5,8,13,16-18H,2-3,6-7,9-12H2,1H3,(H,24,28)(H,25,29)/t16-,18+/m0/s1. The Bertz CT molecular complexity index is 782. The topological polar surface area (TPSA) is 64.7 Å². The van der Waals surface area contributed by atoms with Gasteiger partial charge in [0.15, 0.2) is 0 Å². The lowest BCUT2D eigenvalue weighted by atomic mass is 10.0. The number of likely N-dealkylation sites (tertiary alicyclic amines) is 1. The monoisotopic (exact) mass is 406 g/mol. The van der Waals surface area contributed by atoms with Gasteiger partial charge < -0.3 is 20.4 Å². The number of nitrogens with zero attached hydrogens (tertiary/aromatic N) is 2. The highest BCUT2D eigenvalue weighted by Crippen LogP contribution is 2.40. The predicted molar refractivity (Wildman–Crippen MR) is 105 cm³/mol. The third-order valence-electron chi connectivity index (χ3n) is 6.00. The SMILES string of the molecule is CNC(=O)N1C[C@@H](F)C[C@@H](N(C(=O)NCc2ccc(C3CC3)cc2F)C2CC2)C1. The molecule has 0 radical (unpaired) electrons. The number of hydrogen-bond acceptors (Lipinski definition) is 2. The summed E-state index contributed by atoms with van der Waals surface area (Å²) in [6, 6.07) is 4.23. The fourth-order valence-corrected chi connectivity index (χ4v) is 4.16. The second kappa shape index (κ2) is 8.16. The number of amides is 4. The molecule has 0 spiro atoms. The Morgan fingerprint density at radius 3 is 2.55 bits per heavy atom. The van der Waals surface area contributed by atoms with Crippen molar-refractivity contribution in [1.29, 1.82) is 0 Å². The van der Waals surface area contributed by atoms with Gasteiger partial charge in [-0.05, 0) is 43.2 Å². The van der Waals surface area contributed by atoms with Crippen molar-refractivity contribution in [3.63, 3.8) is 0 Å². The highest BCUT2D eigenvalue weighted by atomic mass is 19.1. The highest BCUT2D eigenvalue weighted by molar-refractivity contribution is 5.76. The van der Waals surface area contributed by atoms with Crippen molar-refractivity contribution in [2.75, 3.05) is 20.1 Å². The van der Waals surface area contributed by atoms with Crippen molar-refractivity contribution in [1.82, 2.24) is 20.4 Å². The first-order valence-electron chi connectivity index (χ1n) is 10.4. The Kier molecular flexibility index (Phi) is 5.61. The number of carbonyl (C=O) groups is 2. The lowest BCUT2D eigenvalue weighted by Crippen LogP contribution is -2.58. The van der Waals surface area contributed by atoms with Crippen LogP contribution in [0.25, 0.3) is 0 Å². The summed E-state index contributed by atoms with van der Waals surface area (Å²) < 4.78 is 28.7. The summed E-state index contributed by atoms with van der Waals surface area (Å²) in [5.74, 6) is 0.168. The van der Waals surface area contributed by atoms with Crippen LogP contribution in [0.5, 0.6) is 0 Å². The van der Waals surface area contributed by atoms with Crippen LogP contribution in [-0.4, -0.2) is 60.3 Å². The molecule has 2 saturated carbocycles. The molecule has 1 saturated heterocycles. The van der Waals surface area contributed by atoms with Gasteiger partial charge in [-0.3, -0.25) is 0 Å². The Morgan fingerprint density at radius 2 is 1.93 bits per heavy atom. The first kappa shape index (κ1) is 19.9. The predicted octanol–water partition coefficient (Wildman–Crippen LogP) is 3.13. The van der Waals surface area contributed by atoms with Crippen LogP contribution in [0.15, 0.2) is 18.2 Å². The maximum atomic E-state index is 14.4. The van der Waals surface area contributed by atoms with Crippen molar-refractivity contribution in [2.45, 2.75) is 62.8 Å². The lowest BCUT2D eigenvalue weighted by Gasteiger charge is -2.40. The van der Waals surface area contributed by atoms with E-state index in [1.807, 2.05) is 6.07 Å². The summed E-state index contributed by atoms with van der Waals surface area (Å²) >= 11 is 0. The van der Waals surface area contributed by atoms with Crippen LogP contribution in [0.2, 0.25) is 0 Å². The highest BCUT2D eigenvalue weighted by Gasteiger charge is 2.42.